The number of imide groups is 1. The quantitative estimate of drug-likeness (QED) is 0.716. The number of carbonyl (C=O) groups is 2. The van der Waals surface area contributed by atoms with Gasteiger partial charge in [-0.3, -0.25) is 14.5 Å². The number of nitrogens with zero attached hydrogens (tertiary/aromatic N) is 1. The summed E-state index contributed by atoms with van der Waals surface area (Å²) in [6.07, 6.45) is 1.81. The molecule has 0 radical (unpaired) electrons. The zero-order chi connectivity index (χ0) is 10.7. The summed E-state index contributed by atoms with van der Waals surface area (Å²) in [5.74, 6) is 0.0613. The average molecular weight is 214 g/mol. The van der Waals surface area contributed by atoms with Gasteiger partial charge in [0.25, 0.3) is 11.1 Å². The number of allylic oxidation sites excluding steroid dienone is 1. The number of rotatable bonds is 3. The molecule has 78 valence electrons. The SMILES string of the molecule is CC(C)C=C1SC(=O)N(CCN)C1=O. The first-order chi connectivity index (χ1) is 6.56. The van der Waals surface area contributed by atoms with Gasteiger partial charge in [0.05, 0.1) is 4.91 Å². The smallest absolute Gasteiger partial charge is 0.293 e. The molecular weight excluding hydrogens is 200 g/mol. The molecule has 1 aliphatic heterocycles. The highest BCUT2D eigenvalue weighted by atomic mass is 32.2. The predicted octanol–water partition coefficient (Wildman–Crippen LogP) is 1.18. The van der Waals surface area contributed by atoms with Crippen molar-refractivity contribution in [3.05, 3.63) is 11.0 Å². The monoisotopic (exact) mass is 214 g/mol. The average Bonchev–Trinajstić information content (AvgIpc) is 2.32. The van der Waals surface area contributed by atoms with E-state index in [4.69, 9.17) is 5.73 Å². The van der Waals surface area contributed by atoms with Crippen molar-refractivity contribution in [2.75, 3.05) is 13.1 Å². The van der Waals surface area contributed by atoms with E-state index in [0.717, 1.165) is 11.8 Å². The fraction of sp³-hybridized carbons (Fsp3) is 0.556. The third kappa shape index (κ3) is 2.36. The molecule has 1 heterocycles. The van der Waals surface area contributed by atoms with E-state index in [9.17, 15) is 9.59 Å². The number of nitrogens with two attached hydrogens (primary N) is 1. The second-order valence-corrected chi connectivity index (χ2v) is 4.38. The first-order valence-corrected chi connectivity index (χ1v) is 5.33. The van der Waals surface area contributed by atoms with E-state index >= 15 is 0 Å². The Morgan fingerprint density at radius 1 is 1.50 bits per heavy atom. The Bertz CT molecular complexity index is 287. The summed E-state index contributed by atoms with van der Waals surface area (Å²) in [4.78, 5) is 24.7. The third-order valence-electron chi connectivity index (χ3n) is 1.71. The number of hydrogen-bond acceptors (Lipinski definition) is 4. The molecule has 5 heteroatoms. The van der Waals surface area contributed by atoms with Gasteiger partial charge in [-0.15, -0.1) is 0 Å². The minimum atomic E-state index is -0.215. The van der Waals surface area contributed by atoms with Gasteiger partial charge in [-0.1, -0.05) is 19.9 Å². The van der Waals surface area contributed by atoms with Crippen LogP contribution >= 0.6 is 11.8 Å². The molecule has 1 fully saturated rings. The van der Waals surface area contributed by atoms with Gasteiger partial charge in [-0.05, 0) is 17.7 Å². The van der Waals surface area contributed by atoms with Crippen LogP contribution in [0, 0.1) is 5.92 Å². The van der Waals surface area contributed by atoms with Crippen LogP contribution in [-0.2, 0) is 4.79 Å². The normalized spacial score (nSPS) is 20.3. The van der Waals surface area contributed by atoms with Crippen LogP contribution < -0.4 is 5.73 Å². The number of carbonyl (C=O) groups excluding carboxylic acids is 2. The highest BCUT2D eigenvalue weighted by molar-refractivity contribution is 8.18. The van der Waals surface area contributed by atoms with Crippen molar-refractivity contribution < 1.29 is 9.59 Å². The molecule has 0 saturated carbocycles. The van der Waals surface area contributed by atoms with E-state index in [1.54, 1.807) is 6.08 Å². The van der Waals surface area contributed by atoms with Crippen LogP contribution in [0.15, 0.2) is 11.0 Å². The van der Waals surface area contributed by atoms with Gasteiger partial charge in [0.2, 0.25) is 0 Å². The first kappa shape index (κ1) is 11.3. The lowest BCUT2D eigenvalue weighted by atomic mass is 10.2. The molecule has 0 unspecified atom stereocenters. The molecule has 1 aliphatic rings. The van der Waals surface area contributed by atoms with Crippen molar-refractivity contribution in [3.8, 4) is 0 Å². The highest BCUT2D eigenvalue weighted by Crippen LogP contribution is 2.30. The Labute approximate surface area is 87.5 Å². The Balaban J connectivity index is 2.79. The Morgan fingerprint density at radius 2 is 2.14 bits per heavy atom. The Kier molecular flexibility index (Phi) is 3.71. The lowest BCUT2D eigenvalue weighted by Crippen LogP contribution is -2.33. The van der Waals surface area contributed by atoms with Gasteiger partial charge in [-0.25, -0.2) is 0 Å². The molecule has 2 N–H and O–H groups in total. The van der Waals surface area contributed by atoms with Crippen LogP contribution in [0.4, 0.5) is 4.79 Å². The largest absolute Gasteiger partial charge is 0.329 e. The van der Waals surface area contributed by atoms with Gasteiger partial charge in [-0.2, -0.15) is 0 Å². The summed E-state index contributed by atoms with van der Waals surface area (Å²) < 4.78 is 0. The van der Waals surface area contributed by atoms with E-state index in [0.29, 0.717) is 18.0 Å². The van der Waals surface area contributed by atoms with Gasteiger partial charge in [0, 0.05) is 13.1 Å². The van der Waals surface area contributed by atoms with Crippen LogP contribution in [0.25, 0.3) is 0 Å². The van der Waals surface area contributed by atoms with E-state index in [1.165, 1.54) is 4.90 Å². The van der Waals surface area contributed by atoms with E-state index < -0.39 is 0 Å². The Morgan fingerprint density at radius 3 is 2.64 bits per heavy atom. The summed E-state index contributed by atoms with van der Waals surface area (Å²) in [7, 11) is 0. The van der Waals surface area contributed by atoms with Gasteiger partial charge < -0.3 is 5.73 Å². The van der Waals surface area contributed by atoms with E-state index in [-0.39, 0.29) is 17.1 Å². The number of thioether (sulfide) groups is 1. The summed E-state index contributed by atoms with van der Waals surface area (Å²) in [6, 6.07) is 0. The molecule has 0 atom stereocenters. The molecular formula is C9H14N2O2S. The van der Waals surface area contributed by atoms with Crippen LogP contribution in [-0.4, -0.2) is 29.1 Å². The zero-order valence-corrected chi connectivity index (χ0v) is 9.13. The standard InChI is InChI=1S/C9H14N2O2S/c1-6(2)5-7-8(12)11(4-3-10)9(13)14-7/h5-6H,3-4,10H2,1-2H3. The topological polar surface area (TPSA) is 63.4 Å². The molecule has 0 aromatic rings. The maximum absolute atomic E-state index is 11.6. The van der Waals surface area contributed by atoms with E-state index in [2.05, 4.69) is 0 Å². The second kappa shape index (κ2) is 4.61. The molecule has 0 aliphatic carbocycles. The number of amides is 2. The fourth-order valence-corrected chi connectivity index (χ4v) is 2.15. The summed E-state index contributed by atoms with van der Waals surface area (Å²) >= 11 is 0.993. The summed E-state index contributed by atoms with van der Waals surface area (Å²) in [5, 5.41) is -0.215. The summed E-state index contributed by atoms with van der Waals surface area (Å²) in [5.41, 5.74) is 5.30. The fourth-order valence-electron chi connectivity index (χ4n) is 1.14. The highest BCUT2D eigenvalue weighted by Gasteiger charge is 2.34. The predicted molar refractivity (Wildman–Crippen MR) is 56.7 cm³/mol. The van der Waals surface area contributed by atoms with Crippen molar-refractivity contribution in [2.24, 2.45) is 11.7 Å². The maximum atomic E-state index is 11.6. The number of hydrogen-bond donors (Lipinski definition) is 1. The van der Waals surface area contributed by atoms with Gasteiger partial charge in [0.1, 0.15) is 0 Å². The van der Waals surface area contributed by atoms with Crippen molar-refractivity contribution in [1.82, 2.24) is 4.90 Å². The van der Waals surface area contributed by atoms with Crippen LogP contribution in [0.2, 0.25) is 0 Å². The lowest BCUT2D eigenvalue weighted by Gasteiger charge is -2.09. The van der Waals surface area contributed by atoms with Crippen molar-refractivity contribution >= 4 is 22.9 Å². The Hall–Kier alpha value is -0.810. The molecule has 1 rings (SSSR count). The second-order valence-electron chi connectivity index (χ2n) is 3.39. The molecule has 14 heavy (non-hydrogen) atoms. The molecule has 0 aromatic carbocycles. The lowest BCUT2D eigenvalue weighted by molar-refractivity contribution is -0.122. The van der Waals surface area contributed by atoms with Gasteiger partial charge in [0.15, 0.2) is 0 Å². The van der Waals surface area contributed by atoms with Crippen LogP contribution in [0.1, 0.15) is 13.8 Å². The molecule has 2 amide bonds. The van der Waals surface area contributed by atoms with Crippen LogP contribution in [0.5, 0.6) is 0 Å². The minimum Gasteiger partial charge on any atom is -0.329 e. The summed E-state index contributed by atoms with van der Waals surface area (Å²) in [6.45, 7) is 4.56. The van der Waals surface area contributed by atoms with Gasteiger partial charge >= 0.3 is 0 Å². The van der Waals surface area contributed by atoms with E-state index in [1.807, 2.05) is 13.8 Å². The third-order valence-corrected chi connectivity index (χ3v) is 2.64. The minimum absolute atomic E-state index is 0.209. The van der Waals surface area contributed by atoms with Crippen LogP contribution in [0.3, 0.4) is 0 Å². The first-order valence-electron chi connectivity index (χ1n) is 4.51. The maximum Gasteiger partial charge on any atom is 0.293 e. The zero-order valence-electron chi connectivity index (χ0n) is 8.32. The molecule has 0 bridgehead atoms. The molecule has 0 spiro atoms. The molecule has 1 saturated heterocycles. The van der Waals surface area contributed by atoms with Crippen molar-refractivity contribution in [2.45, 2.75) is 13.8 Å². The molecule has 0 aromatic heterocycles. The van der Waals surface area contributed by atoms with Crippen molar-refractivity contribution in [3.63, 3.8) is 0 Å². The molecule has 4 nitrogen and oxygen atoms in total. The van der Waals surface area contributed by atoms with Crippen molar-refractivity contribution in [1.29, 1.82) is 0 Å².